The van der Waals surface area contributed by atoms with Crippen molar-refractivity contribution >= 4 is 19.8 Å². The summed E-state index contributed by atoms with van der Waals surface area (Å²) in [5.41, 5.74) is 5.39. The Morgan fingerprint density at radius 2 is 0.659 bits per heavy atom. The highest BCUT2D eigenvalue weighted by Gasteiger charge is 2.26. The minimum atomic E-state index is -4.41. The summed E-state index contributed by atoms with van der Waals surface area (Å²) < 4.78 is 33.1. The summed E-state index contributed by atoms with van der Waals surface area (Å²) in [5.74, 6) is -0.892. The molecular weight excluding hydrogens is 1070 g/mol. The number of nitrogens with two attached hydrogens (primary N) is 1. The summed E-state index contributed by atoms with van der Waals surface area (Å²) >= 11 is 0. The van der Waals surface area contributed by atoms with Crippen LogP contribution in [0.5, 0.6) is 0 Å². The van der Waals surface area contributed by atoms with E-state index in [1.54, 1.807) is 0 Å². The minimum Gasteiger partial charge on any atom is -0.462 e. The van der Waals surface area contributed by atoms with Crippen molar-refractivity contribution < 1.29 is 37.6 Å². The van der Waals surface area contributed by atoms with Crippen LogP contribution in [0.3, 0.4) is 0 Å². The van der Waals surface area contributed by atoms with Gasteiger partial charge in [0.05, 0.1) is 13.2 Å². The smallest absolute Gasteiger partial charge is 0.462 e. The Bertz CT molecular complexity index is 1760. The summed E-state index contributed by atoms with van der Waals surface area (Å²) in [6, 6.07) is 0. The fourth-order valence-electron chi connectivity index (χ4n) is 9.95. The van der Waals surface area contributed by atoms with Crippen LogP contribution in [-0.4, -0.2) is 49.3 Å². The third kappa shape index (κ3) is 69.6. The minimum absolute atomic E-state index is 0.0402. The van der Waals surface area contributed by atoms with Gasteiger partial charge in [-0.05, 0) is 96.3 Å². The molecule has 0 fully saturated rings. The maximum atomic E-state index is 12.7. The van der Waals surface area contributed by atoms with Gasteiger partial charge < -0.3 is 20.1 Å². The molecule has 0 rings (SSSR count). The van der Waals surface area contributed by atoms with E-state index in [1.165, 1.54) is 212 Å². The normalized spacial score (nSPS) is 13.6. The highest BCUT2D eigenvalue weighted by atomic mass is 31.2. The van der Waals surface area contributed by atoms with Crippen LogP contribution in [0.4, 0.5) is 0 Å². The lowest BCUT2D eigenvalue weighted by Gasteiger charge is -2.19. The molecule has 0 radical (unpaired) electrons. The second-order valence-corrected chi connectivity index (χ2v) is 24.8. The molecule has 9 nitrogen and oxygen atoms in total. The molecule has 0 bridgehead atoms. The molecule has 0 aliphatic heterocycles. The maximum absolute atomic E-state index is 12.7. The van der Waals surface area contributed by atoms with E-state index >= 15 is 0 Å². The van der Waals surface area contributed by atoms with E-state index in [9.17, 15) is 19.0 Å². The Morgan fingerprint density at radius 1 is 0.365 bits per heavy atom. The van der Waals surface area contributed by atoms with Gasteiger partial charge in [0.25, 0.3) is 0 Å². The van der Waals surface area contributed by atoms with Crippen molar-refractivity contribution in [1.29, 1.82) is 0 Å². The average molecular weight is 1210 g/mol. The first kappa shape index (κ1) is 81.7. The third-order valence-corrected chi connectivity index (χ3v) is 16.1. The zero-order valence-corrected chi connectivity index (χ0v) is 56.0. The van der Waals surface area contributed by atoms with Crippen LogP contribution < -0.4 is 5.73 Å². The van der Waals surface area contributed by atoms with Crippen LogP contribution in [0.2, 0.25) is 0 Å². The number of hydrogen-bond acceptors (Lipinski definition) is 8. The lowest BCUT2D eigenvalue weighted by Crippen LogP contribution is -2.29. The van der Waals surface area contributed by atoms with Crippen molar-refractivity contribution in [1.82, 2.24) is 0 Å². The molecule has 0 aliphatic carbocycles. The first-order valence-corrected chi connectivity index (χ1v) is 36.9. The molecule has 10 heteroatoms. The fourth-order valence-corrected chi connectivity index (χ4v) is 10.7. The van der Waals surface area contributed by atoms with Gasteiger partial charge in [-0.2, -0.15) is 0 Å². The van der Waals surface area contributed by atoms with Gasteiger partial charge in [0.2, 0.25) is 0 Å². The van der Waals surface area contributed by atoms with Crippen molar-refractivity contribution in [2.45, 2.75) is 328 Å². The Morgan fingerprint density at radius 3 is 1.00 bits per heavy atom. The van der Waals surface area contributed by atoms with E-state index in [2.05, 4.69) is 117 Å². The van der Waals surface area contributed by atoms with Gasteiger partial charge in [0.15, 0.2) is 6.10 Å². The standard InChI is InChI=1S/C75H132NO8P/c1-3-5-7-9-11-13-15-17-19-21-23-25-27-28-29-30-31-32-33-34-35-36-37-38-39-40-41-42-43-44-46-47-49-51-53-55-57-59-61-63-65-67-74(77)81-71-73(72-83-85(79,80)82-70-69-76)84-75(78)68-66-64-62-60-58-56-54-52-50-48-45-26-24-22-20-18-16-14-12-10-8-6-4-2/h6,8,12,14-15,17-18,20-21,23-24,26,48,50,54,56,60,62,73H,3-5,7,9-11,13,16,19,22,25,27-47,49,51-53,55,57-59,61,63-72,76H2,1-2H3,(H,79,80)/b8-6-,14-12-,17-15-,20-18-,23-21-,26-24-,50-48-,56-54-,62-60-. The molecule has 85 heavy (non-hydrogen) atoms. The van der Waals surface area contributed by atoms with Crippen LogP contribution >= 0.6 is 7.82 Å². The number of phosphoric ester groups is 1. The second kappa shape index (κ2) is 69.8. The van der Waals surface area contributed by atoms with Gasteiger partial charge in [-0.25, -0.2) is 4.57 Å². The molecule has 0 aliphatic rings. The monoisotopic (exact) mass is 1210 g/mol. The second-order valence-electron chi connectivity index (χ2n) is 23.4. The number of hydrogen-bond donors (Lipinski definition) is 2. The van der Waals surface area contributed by atoms with Crippen molar-refractivity contribution in [2.24, 2.45) is 5.73 Å². The summed E-state index contributed by atoms with van der Waals surface area (Å²) in [4.78, 5) is 35.3. The Labute approximate surface area is 524 Å². The van der Waals surface area contributed by atoms with Gasteiger partial charge >= 0.3 is 19.8 Å². The molecule has 0 spiro atoms. The first-order chi connectivity index (χ1) is 41.8. The van der Waals surface area contributed by atoms with Crippen LogP contribution in [0.25, 0.3) is 0 Å². The molecule has 3 N–H and O–H groups in total. The molecule has 0 aromatic carbocycles. The zero-order valence-electron chi connectivity index (χ0n) is 55.1. The van der Waals surface area contributed by atoms with Crippen molar-refractivity contribution in [3.05, 3.63) is 109 Å². The molecule has 0 amide bonds. The lowest BCUT2D eigenvalue weighted by molar-refractivity contribution is -0.161. The highest BCUT2D eigenvalue weighted by molar-refractivity contribution is 7.47. The number of esters is 2. The van der Waals surface area contributed by atoms with E-state index in [-0.39, 0.29) is 32.6 Å². The number of rotatable bonds is 66. The number of phosphoric acid groups is 1. The molecule has 0 aromatic rings. The summed E-state index contributed by atoms with van der Waals surface area (Å²) in [5, 5.41) is 0. The molecule has 2 atom stereocenters. The molecule has 0 aromatic heterocycles. The summed E-state index contributed by atoms with van der Waals surface area (Å²) in [6.07, 6.45) is 96.5. The number of allylic oxidation sites excluding steroid dienone is 18. The summed E-state index contributed by atoms with van der Waals surface area (Å²) in [6.45, 7) is 3.58. The topological polar surface area (TPSA) is 134 Å². The number of ether oxygens (including phenoxy) is 2. The van der Waals surface area contributed by atoms with E-state index in [0.717, 1.165) is 70.6 Å². The number of unbranched alkanes of at least 4 members (excludes halogenated alkanes) is 35. The van der Waals surface area contributed by atoms with Gasteiger partial charge in [-0.15, -0.1) is 0 Å². The van der Waals surface area contributed by atoms with Crippen LogP contribution in [0.15, 0.2) is 109 Å². The third-order valence-electron chi connectivity index (χ3n) is 15.1. The van der Waals surface area contributed by atoms with Crippen LogP contribution in [0.1, 0.15) is 322 Å². The quantitative estimate of drug-likeness (QED) is 0.0264. The Balaban J connectivity index is 3.83. The zero-order chi connectivity index (χ0) is 61.6. The lowest BCUT2D eigenvalue weighted by atomic mass is 10.0. The van der Waals surface area contributed by atoms with Gasteiger partial charge in [-0.3, -0.25) is 18.6 Å². The molecule has 0 heterocycles. The molecule has 0 saturated carbocycles. The predicted octanol–water partition coefficient (Wildman–Crippen LogP) is 23.3. The highest BCUT2D eigenvalue weighted by Crippen LogP contribution is 2.43. The van der Waals surface area contributed by atoms with E-state index in [0.29, 0.717) is 12.8 Å². The Kier molecular flexibility index (Phi) is 67.0. The molecule has 490 valence electrons. The molecule has 2 unspecified atom stereocenters. The van der Waals surface area contributed by atoms with Crippen molar-refractivity contribution in [2.75, 3.05) is 26.4 Å². The van der Waals surface area contributed by atoms with Crippen LogP contribution in [-0.2, 0) is 32.7 Å². The first-order valence-electron chi connectivity index (χ1n) is 35.4. The predicted molar refractivity (Wildman–Crippen MR) is 367 cm³/mol. The largest absolute Gasteiger partial charge is 0.472 e. The van der Waals surface area contributed by atoms with Gasteiger partial charge in [-0.1, -0.05) is 322 Å². The summed E-state index contributed by atoms with van der Waals surface area (Å²) in [7, 11) is -4.41. The van der Waals surface area contributed by atoms with Crippen molar-refractivity contribution in [3.8, 4) is 0 Å². The average Bonchev–Trinajstić information content (AvgIpc) is 3.52. The van der Waals surface area contributed by atoms with Crippen LogP contribution in [0, 0.1) is 0 Å². The van der Waals surface area contributed by atoms with Crippen molar-refractivity contribution in [3.63, 3.8) is 0 Å². The maximum Gasteiger partial charge on any atom is 0.472 e. The number of carbonyl (C=O) groups is 2. The van der Waals surface area contributed by atoms with E-state index in [1.807, 2.05) is 6.08 Å². The van der Waals surface area contributed by atoms with Gasteiger partial charge in [0.1, 0.15) is 6.61 Å². The van der Waals surface area contributed by atoms with E-state index < -0.39 is 32.5 Å². The van der Waals surface area contributed by atoms with E-state index in [4.69, 9.17) is 24.3 Å². The Hall–Kier alpha value is -3.33. The van der Waals surface area contributed by atoms with Gasteiger partial charge in [0, 0.05) is 19.4 Å². The number of carbonyl (C=O) groups excluding carboxylic acids is 2. The molecule has 0 saturated heterocycles. The molecular formula is C75H132NO8P. The fraction of sp³-hybridized carbons (Fsp3) is 0.733. The SMILES string of the molecule is CC/C=C\C/C=C\C/C=C\C/C=C\C/C=C\C/C=C\C/C=C\CCCC(=O)OC(COC(=O)CCCCCCCCCCCCCCCCCCCCCCCCCCCCCCC/C=C\C/C=C\CCCCCCC)COP(=O)(O)OCCN.